The summed E-state index contributed by atoms with van der Waals surface area (Å²) in [6.07, 6.45) is 0. The summed E-state index contributed by atoms with van der Waals surface area (Å²) < 4.78 is 2.60. The van der Waals surface area contributed by atoms with Crippen molar-refractivity contribution in [3.05, 3.63) is 176 Å². The highest BCUT2D eigenvalue weighted by Gasteiger charge is 2.17. The molecule has 0 aliphatic carbocycles. The third-order valence-electron chi connectivity index (χ3n) is 9.75. The predicted octanol–water partition coefficient (Wildman–Crippen LogP) is 12.9. The molecule has 8 aromatic carbocycles. The first-order valence-corrected chi connectivity index (χ1v) is 17.9. The van der Waals surface area contributed by atoms with Crippen molar-refractivity contribution < 1.29 is 0 Å². The largest absolute Gasteiger partial charge is 0.208 e. The van der Waals surface area contributed by atoms with Gasteiger partial charge < -0.3 is 0 Å². The van der Waals surface area contributed by atoms with Crippen LogP contribution in [0.3, 0.4) is 0 Å². The molecule has 10 rings (SSSR count). The van der Waals surface area contributed by atoms with E-state index >= 15 is 0 Å². The zero-order chi connectivity index (χ0) is 33.7. The fraction of sp³-hybridized carbons (Fsp3) is 0. The number of hydrogen-bond donors (Lipinski definition) is 0. The molecule has 0 fully saturated rings. The molecule has 0 radical (unpaired) electrons. The van der Waals surface area contributed by atoms with Crippen molar-refractivity contribution in [1.29, 1.82) is 0 Å². The van der Waals surface area contributed by atoms with E-state index in [4.69, 9.17) is 15.0 Å². The van der Waals surface area contributed by atoms with Crippen LogP contribution < -0.4 is 0 Å². The molecule has 2 heterocycles. The minimum Gasteiger partial charge on any atom is -0.208 e. The maximum absolute atomic E-state index is 5.19. The van der Waals surface area contributed by atoms with Gasteiger partial charge in [0.25, 0.3) is 0 Å². The van der Waals surface area contributed by atoms with Crippen LogP contribution in [0.15, 0.2) is 176 Å². The minimum atomic E-state index is 0.644. The Hall–Kier alpha value is -6.49. The molecule has 0 unspecified atom stereocenters. The molecular formula is C47H29N3S. The highest BCUT2D eigenvalue weighted by atomic mass is 32.1. The van der Waals surface area contributed by atoms with Gasteiger partial charge in [-0.3, -0.25) is 0 Å². The van der Waals surface area contributed by atoms with Crippen LogP contribution in [0.1, 0.15) is 0 Å². The van der Waals surface area contributed by atoms with Crippen molar-refractivity contribution in [1.82, 2.24) is 15.0 Å². The van der Waals surface area contributed by atoms with Crippen LogP contribution in [-0.4, -0.2) is 15.0 Å². The average Bonchev–Trinajstić information content (AvgIpc) is 3.60. The van der Waals surface area contributed by atoms with Crippen molar-refractivity contribution in [3.8, 4) is 56.4 Å². The summed E-state index contributed by atoms with van der Waals surface area (Å²) in [5.41, 5.74) is 7.60. The summed E-state index contributed by atoms with van der Waals surface area (Å²) in [7, 11) is 0. The zero-order valence-corrected chi connectivity index (χ0v) is 28.3. The van der Waals surface area contributed by atoms with Crippen LogP contribution in [0.25, 0.3) is 98.1 Å². The van der Waals surface area contributed by atoms with Crippen LogP contribution in [-0.2, 0) is 0 Å². The summed E-state index contributed by atoms with van der Waals surface area (Å²) in [6, 6.07) is 62.1. The first kappa shape index (κ1) is 29.4. The van der Waals surface area contributed by atoms with Crippen molar-refractivity contribution in [3.63, 3.8) is 0 Å². The van der Waals surface area contributed by atoms with Gasteiger partial charge in [-0.25, -0.2) is 15.0 Å². The van der Waals surface area contributed by atoms with Crippen LogP contribution in [0.4, 0.5) is 0 Å². The van der Waals surface area contributed by atoms with Gasteiger partial charge >= 0.3 is 0 Å². The van der Waals surface area contributed by atoms with Gasteiger partial charge in [-0.15, -0.1) is 11.3 Å². The van der Waals surface area contributed by atoms with E-state index in [0.717, 1.165) is 33.0 Å². The number of rotatable bonds is 5. The maximum atomic E-state index is 5.19. The number of nitrogens with zero attached hydrogens (tertiary/aromatic N) is 3. The lowest BCUT2D eigenvalue weighted by Gasteiger charge is -2.13. The van der Waals surface area contributed by atoms with Gasteiger partial charge in [0.05, 0.1) is 0 Å². The van der Waals surface area contributed by atoms with Crippen molar-refractivity contribution in [2.75, 3.05) is 0 Å². The Bertz CT molecular complexity index is 2890. The first-order chi connectivity index (χ1) is 25.3. The molecular weight excluding hydrogens is 639 g/mol. The third-order valence-corrected chi connectivity index (χ3v) is 10.9. The third kappa shape index (κ3) is 5.16. The Morgan fingerprint density at radius 1 is 0.314 bits per heavy atom. The normalized spacial score (nSPS) is 11.5. The number of benzene rings is 8. The average molecular weight is 668 g/mol. The molecule has 0 amide bonds. The van der Waals surface area contributed by atoms with Crippen LogP contribution >= 0.6 is 11.3 Å². The Morgan fingerprint density at radius 2 is 0.843 bits per heavy atom. The van der Waals surface area contributed by atoms with Gasteiger partial charge in [-0.1, -0.05) is 158 Å². The van der Waals surface area contributed by atoms with Crippen LogP contribution in [0.5, 0.6) is 0 Å². The Balaban J connectivity index is 1.13. The van der Waals surface area contributed by atoms with Gasteiger partial charge in [-0.05, 0) is 62.0 Å². The Morgan fingerprint density at radius 3 is 1.59 bits per heavy atom. The summed E-state index contributed by atoms with van der Waals surface area (Å²) in [5, 5.41) is 7.27. The summed E-state index contributed by atoms with van der Waals surface area (Å²) in [6.45, 7) is 0. The second-order valence-corrected chi connectivity index (χ2v) is 13.9. The van der Waals surface area contributed by atoms with E-state index in [2.05, 4.69) is 170 Å². The second kappa shape index (κ2) is 12.1. The molecule has 0 N–H and O–H groups in total. The smallest absolute Gasteiger partial charge is 0.164 e. The second-order valence-electron chi connectivity index (χ2n) is 12.8. The van der Waals surface area contributed by atoms with E-state index < -0.39 is 0 Å². The summed E-state index contributed by atoms with van der Waals surface area (Å²) in [4.78, 5) is 15.5. The van der Waals surface area contributed by atoms with Crippen molar-refractivity contribution in [2.24, 2.45) is 0 Å². The highest BCUT2D eigenvalue weighted by Crippen LogP contribution is 2.40. The lowest BCUT2D eigenvalue weighted by atomic mass is 9.96. The van der Waals surface area contributed by atoms with E-state index in [1.54, 1.807) is 0 Å². The molecule has 2 aromatic heterocycles. The van der Waals surface area contributed by atoms with Crippen LogP contribution in [0, 0.1) is 0 Å². The first-order valence-electron chi connectivity index (χ1n) is 17.1. The monoisotopic (exact) mass is 667 g/mol. The van der Waals surface area contributed by atoms with E-state index in [1.165, 1.54) is 47.6 Å². The molecule has 0 saturated carbocycles. The standard InChI is InChI=1S/C47H29N3S/c1-2-11-30(12-3-1)31-21-25-33(26-22-31)45-48-46(50-47(49-45)41-29-35-13-4-5-14-36(35)38-15-6-7-16-39(38)41)34-27-23-32(24-28-34)37-18-10-20-43-44(37)40-17-8-9-19-42(40)51-43/h1-29H. The number of fused-ring (bicyclic) bond motifs is 6. The summed E-state index contributed by atoms with van der Waals surface area (Å²) in [5.74, 6) is 1.94. The molecule has 238 valence electrons. The Kier molecular flexibility index (Phi) is 7.00. The van der Waals surface area contributed by atoms with Gasteiger partial charge in [0.15, 0.2) is 17.5 Å². The topological polar surface area (TPSA) is 38.7 Å². The number of aromatic nitrogens is 3. The van der Waals surface area contributed by atoms with Gasteiger partial charge in [0.1, 0.15) is 0 Å². The molecule has 0 atom stereocenters. The molecule has 0 spiro atoms. The molecule has 51 heavy (non-hydrogen) atoms. The fourth-order valence-corrected chi connectivity index (χ4v) is 8.38. The van der Waals surface area contributed by atoms with Crippen molar-refractivity contribution in [2.45, 2.75) is 0 Å². The Labute approximate surface area is 299 Å². The van der Waals surface area contributed by atoms with Gasteiger partial charge in [-0.2, -0.15) is 0 Å². The van der Waals surface area contributed by atoms with E-state index in [9.17, 15) is 0 Å². The molecule has 4 heteroatoms. The van der Waals surface area contributed by atoms with Gasteiger partial charge in [0, 0.05) is 36.9 Å². The lowest BCUT2D eigenvalue weighted by molar-refractivity contribution is 1.08. The molecule has 0 bridgehead atoms. The molecule has 0 saturated heterocycles. The number of hydrogen-bond acceptors (Lipinski definition) is 4. The zero-order valence-electron chi connectivity index (χ0n) is 27.5. The van der Waals surface area contributed by atoms with Crippen LogP contribution in [0.2, 0.25) is 0 Å². The van der Waals surface area contributed by atoms with Gasteiger partial charge in [0.2, 0.25) is 0 Å². The fourth-order valence-electron chi connectivity index (χ4n) is 7.25. The maximum Gasteiger partial charge on any atom is 0.164 e. The summed E-state index contributed by atoms with van der Waals surface area (Å²) >= 11 is 1.84. The van der Waals surface area contributed by atoms with E-state index in [1.807, 2.05) is 17.4 Å². The number of thiophene rings is 1. The minimum absolute atomic E-state index is 0.644. The molecule has 0 aliphatic rings. The molecule has 10 aromatic rings. The molecule has 0 aliphatic heterocycles. The van der Waals surface area contributed by atoms with E-state index in [-0.39, 0.29) is 0 Å². The predicted molar refractivity (Wildman–Crippen MR) is 215 cm³/mol. The van der Waals surface area contributed by atoms with Crippen molar-refractivity contribution >= 4 is 53.1 Å². The van der Waals surface area contributed by atoms with E-state index in [0.29, 0.717) is 17.5 Å². The SMILES string of the molecule is c1ccc(-c2ccc(-c3nc(-c4ccc(-c5cccc6sc7ccccc7c56)cc4)nc(-c4cc5ccccc5c5ccccc45)n3)cc2)cc1. The quantitative estimate of drug-likeness (QED) is 0.171. The molecule has 3 nitrogen and oxygen atoms in total. The highest BCUT2D eigenvalue weighted by molar-refractivity contribution is 7.25. The lowest BCUT2D eigenvalue weighted by Crippen LogP contribution is -2.01.